The SMILES string of the molecule is COCCNCCC[C@H](NS(=O)(=O)c1ccc([N+](=O)[O-])cc1)C(=O)N[C@@H](CC(C)C)C(=O)N[C@@H](C)C(=O)N[C@@H](Cc1ccc(OC(F)(F)F)cc1)C(=O)OC. The minimum atomic E-state index is -4.90. The summed E-state index contributed by atoms with van der Waals surface area (Å²) in [5.41, 5.74) is 0.0147. The van der Waals surface area contributed by atoms with Crippen LogP contribution in [0.25, 0.3) is 0 Å². The van der Waals surface area contributed by atoms with Crippen molar-refractivity contribution in [2.75, 3.05) is 33.9 Å². The van der Waals surface area contributed by atoms with E-state index in [9.17, 15) is 50.9 Å². The number of rotatable bonds is 23. The average molecular weight is 805 g/mol. The lowest BCUT2D eigenvalue weighted by Crippen LogP contribution is -2.57. The molecule has 0 saturated carbocycles. The maximum absolute atomic E-state index is 13.7. The van der Waals surface area contributed by atoms with Crippen LogP contribution in [0, 0.1) is 16.0 Å². The van der Waals surface area contributed by atoms with Crippen LogP contribution < -0.4 is 30.7 Å². The minimum absolute atomic E-state index is 0.0140. The Morgan fingerprint density at radius 3 is 1.98 bits per heavy atom. The van der Waals surface area contributed by atoms with E-state index >= 15 is 0 Å². The fraction of sp³-hybridized carbons (Fsp3) is 0.529. The lowest BCUT2D eigenvalue weighted by Gasteiger charge is -2.26. The van der Waals surface area contributed by atoms with E-state index in [0.29, 0.717) is 31.7 Å². The molecule has 0 heterocycles. The van der Waals surface area contributed by atoms with E-state index in [1.54, 1.807) is 13.8 Å². The van der Waals surface area contributed by atoms with Crippen molar-refractivity contribution in [1.29, 1.82) is 0 Å². The lowest BCUT2D eigenvalue weighted by molar-refractivity contribution is -0.384. The molecule has 0 spiro atoms. The Hall–Kier alpha value is -4.86. The van der Waals surface area contributed by atoms with Gasteiger partial charge in [-0.3, -0.25) is 24.5 Å². The number of hydrogen-bond donors (Lipinski definition) is 5. The molecule has 0 saturated heterocycles. The fourth-order valence-corrected chi connectivity index (χ4v) is 6.26. The molecular weight excluding hydrogens is 757 g/mol. The summed E-state index contributed by atoms with van der Waals surface area (Å²) in [6.07, 6.45) is -4.71. The first-order chi connectivity index (χ1) is 25.8. The van der Waals surface area contributed by atoms with Crippen LogP contribution in [0.15, 0.2) is 53.4 Å². The number of amides is 3. The molecule has 0 aliphatic carbocycles. The summed E-state index contributed by atoms with van der Waals surface area (Å²) < 4.78 is 80.0. The maximum Gasteiger partial charge on any atom is 0.573 e. The highest BCUT2D eigenvalue weighted by atomic mass is 32.2. The number of alkyl halides is 3. The van der Waals surface area contributed by atoms with Gasteiger partial charge in [0.2, 0.25) is 27.7 Å². The molecule has 2 aromatic rings. The van der Waals surface area contributed by atoms with Crippen LogP contribution in [-0.4, -0.2) is 101 Å². The number of methoxy groups -OCH3 is 2. The number of benzene rings is 2. The van der Waals surface area contributed by atoms with Crippen LogP contribution in [-0.2, 0) is 45.1 Å². The summed E-state index contributed by atoms with van der Waals surface area (Å²) in [5, 5.41) is 21.6. The molecule has 21 heteroatoms. The number of esters is 1. The van der Waals surface area contributed by atoms with Crippen molar-refractivity contribution >= 4 is 39.4 Å². The number of hydrogen-bond acceptors (Lipinski definition) is 12. The topological polar surface area (TPSA) is 233 Å². The van der Waals surface area contributed by atoms with Crippen LogP contribution in [0.2, 0.25) is 0 Å². The van der Waals surface area contributed by atoms with Crippen molar-refractivity contribution in [2.24, 2.45) is 5.92 Å². The van der Waals surface area contributed by atoms with Crippen molar-refractivity contribution in [1.82, 2.24) is 26.0 Å². The van der Waals surface area contributed by atoms with Gasteiger partial charge in [0.15, 0.2) is 0 Å². The first-order valence-corrected chi connectivity index (χ1v) is 18.5. The van der Waals surface area contributed by atoms with Crippen molar-refractivity contribution in [3.63, 3.8) is 0 Å². The quantitative estimate of drug-likeness (QED) is 0.0471. The van der Waals surface area contributed by atoms with Gasteiger partial charge >= 0.3 is 12.3 Å². The molecule has 0 fully saturated rings. The van der Waals surface area contributed by atoms with Gasteiger partial charge in [0, 0.05) is 32.2 Å². The molecule has 0 aromatic heterocycles. The second kappa shape index (κ2) is 21.9. The van der Waals surface area contributed by atoms with E-state index in [-0.39, 0.29) is 35.8 Å². The number of carbonyl (C=O) groups is 4. The Kier molecular flexibility index (Phi) is 18.4. The molecule has 306 valence electrons. The molecule has 17 nitrogen and oxygen atoms in total. The van der Waals surface area contributed by atoms with Crippen LogP contribution in [0.5, 0.6) is 5.75 Å². The number of sulfonamides is 1. The van der Waals surface area contributed by atoms with Gasteiger partial charge in [0.1, 0.15) is 29.9 Å². The van der Waals surface area contributed by atoms with Gasteiger partial charge in [-0.05, 0) is 68.5 Å². The second-order valence-electron chi connectivity index (χ2n) is 12.7. The van der Waals surface area contributed by atoms with Gasteiger partial charge in [-0.15, -0.1) is 13.2 Å². The molecule has 0 aliphatic heterocycles. The smallest absolute Gasteiger partial charge is 0.467 e. The first kappa shape index (κ1) is 46.3. The third kappa shape index (κ3) is 16.6. The second-order valence-corrected chi connectivity index (χ2v) is 14.4. The maximum atomic E-state index is 13.7. The zero-order chi connectivity index (χ0) is 41.3. The third-order valence-electron chi connectivity index (χ3n) is 7.79. The molecule has 5 N–H and O–H groups in total. The molecular formula is C34H47F3N6O11S. The number of nitrogens with one attached hydrogen (secondary N) is 5. The standard InChI is InChI=1S/C34H47F3N6O11S/c1-21(2)19-28(32(46)39-22(3)30(44)41-29(33(47)53-5)20-23-8-12-25(13-9-23)54-34(35,36)37)40-31(45)27(7-6-16-38-17-18-52-4)42-55(50,51)26-14-10-24(11-15-26)43(48)49/h8-15,21-22,27-29,38,42H,6-7,16-20H2,1-5H3,(H,39,46)(H,40,45)(H,41,44)/t22-,27-,28-,29-/m0/s1. The predicted molar refractivity (Wildman–Crippen MR) is 191 cm³/mol. The van der Waals surface area contributed by atoms with Gasteiger partial charge in [-0.25, -0.2) is 13.2 Å². The van der Waals surface area contributed by atoms with Crippen LogP contribution in [0.1, 0.15) is 45.6 Å². The van der Waals surface area contributed by atoms with Crippen molar-refractivity contribution in [3.8, 4) is 5.75 Å². The van der Waals surface area contributed by atoms with E-state index in [2.05, 4.69) is 30.7 Å². The number of ether oxygens (including phenoxy) is 3. The fourth-order valence-electron chi connectivity index (χ4n) is 5.03. The Bertz CT molecular complexity index is 1700. The number of carbonyl (C=O) groups excluding carboxylic acids is 4. The Balaban J connectivity index is 2.20. The van der Waals surface area contributed by atoms with Crippen molar-refractivity contribution < 1.29 is 59.9 Å². The summed E-state index contributed by atoms with van der Waals surface area (Å²) in [6.45, 7) is 6.16. The van der Waals surface area contributed by atoms with E-state index in [1.807, 2.05) is 0 Å². The normalized spacial score (nSPS) is 13.9. The highest BCUT2D eigenvalue weighted by molar-refractivity contribution is 7.89. The summed E-state index contributed by atoms with van der Waals surface area (Å²) in [7, 11) is -1.78. The van der Waals surface area contributed by atoms with Crippen LogP contribution in [0.3, 0.4) is 0 Å². The Labute approximate surface area is 316 Å². The molecule has 4 atom stereocenters. The number of non-ortho nitro benzene ring substituents is 1. The molecule has 0 radical (unpaired) electrons. The average Bonchev–Trinajstić information content (AvgIpc) is 3.11. The van der Waals surface area contributed by atoms with Crippen molar-refractivity contribution in [3.05, 3.63) is 64.2 Å². The van der Waals surface area contributed by atoms with E-state index in [0.717, 1.165) is 43.5 Å². The van der Waals surface area contributed by atoms with Crippen LogP contribution in [0.4, 0.5) is 18.9 Å². The number of nitro groups is 1. The van der Waals surface area contributed by atoms with E-state index in [4.69, 9.17) is 9.47 Å². The summed E-state index contributed by atoms with van der Waals surface area (Å²) in [4.78, 5) is 62.8. The molecule has 3 amide bonds. The highest BCUT2D eigenvalue weighted by Crippen LogP contribution is 2.23. The largest absolute Gasteiger partial charge is 0.573 e. The number of nitro benzene ring substituents is 1. The van der Waals surface area contributed by atoms with Gasteiger partial charge in [-0.2, -0.15) is 4.72 Å². The zero-order valence-electron chi connectivity index (χ0n) is 30.9. The number of nitrogens with zero attached hydrogens (tertiary/aromatic N) is 1. The molecule has 0 unspecified atom stereocenters. The van der Waals surface area contributed by atoms with Crippen molar-refractivity contribution in [2.45, 2.75) is 81.9 Å². The highest BCUT2D eigenvalue weighted by Gasteiger charge is 2.33. The van der Waals surface area contributed by atoms with Crippen LogP contribution >= 0.6 is 0 Å². The summed E-state index contributed by atoms with van der Waals surface area (Å²) in [6, 6.07) is 3.46. The first-order valence-electron chi connectivity index (χ1n) is 17.1. The molecule has 55 heavy (non-hydrogen) atoms. The van der Waals surface area contributed by atoms with Gasteiger partial charge in [0.25, 0.3) is 5.69 Å². The predicted octanol–water partition coefficient (Wildman–Crippen LogP) is 2.09. The van der Waals surface area contributed by atoms with Gasteiger partial charge < -0.3 is 35.5 Å². The van der Waals surface area contributed by atoms with E-state index in [1.165, 1.54) is 26.2 Å². The zero-order valence-corrected chi connectivity index (χ0v) is 31.8. The molecule has 2 aromatic carbocycles. The third-order valence-corrected chi connectivity index (χ3v) is 9.28. The summed E-state index contributed by atoms with van der Waals surface area (Å²) >= 11 is 0. The minimum Gasteiger partial charge on any atom is -0.467 e. The van der Waals surface area contributed by atoms with Gasteiger partial charge in [-0.1, -0.05) is 26.0 Å². The molecule has 0 aliphatic rings. The lowest BCUT2D eigenvalue weighted by atomic mass is 10.0. The molecule has 0 bridgehead atoms. The van der Waals surface area contributed by atoms with Gasteiger partial charge in [0.05, 0.1) is 23.5 Å². The monoisotopic (exact) mass is 804 g/mol. The summed E-state index contributed by atoms with van der Waals surface area (Å²) in [5.74, 6) is -4.00. The Morgan fingerprint density at radius 1 is 0.836 bits per heavy atom. The molecule has 2 rings (SSSR count). The van der Waals surface area contributed by atoms with E-state index < -0.39 is 74.9 Å². The number of halogens is 3. The Morgan fingerprint density at radius 2 is 1.44 bits per heavy atom.